The first-order valence-electron chi connectivity index (χ1n) is 9.32. The molecule has 138 valence electrons. The Kier molecular flexibility index (Phi) is 6.75. The van der Waals surface area contributed by atoms with Crippen LogP contribution in [0.15, 0.2) is 4.99 Å². The third-order valence-electron chi connectivity index (χ3n) is 4.65. The molecule has 2 fully saturated rings. The van der Waals surface area contributed by atoms with Crippen LogP contribution in [0.2, 0.25) is 0 Å². The highest BCUT2D eigenvalue weighted by atomic mass is 16.6. The van der Waals surface area contributed by atoms with Crippen molar-refractivity contribution in [3.63, 3.8) is 0 Å². The van der Waals surface area contributed by atoms with Crippen molar-refractivity contribution in [1.29, 1.82) is 0 Å². The van der Waals surface area contributed by atoms with Gasteiger partial charge in [-0.05, 0) is 52.4 Å². The molecular formula is C18H34N4O2. The zero-order valence-electron chi connectivity index (χ0n) is 15.7. The average molecular weight is 338 g/mol. The lowest BCUT2D eigenvalue weighted by Gasteiger charge is -2.34. The van der Waals surface area contributed by atoms with Crippen molar-refractivity contribution in [2.24, 2.45) is 10.9 Å². The molecule has 2 N–H and O–H groups in total. The summed E-state index contributed by atoms with van der Waals surface area (Å²) in [4.78, 5) is 18.4. The van der Waals surface area contributed by atoms with Gasteiger partial charge in [-0.2, -0.15) is 0 Å². The summed E-state index contributed by atoms with van der Waals surface area (Å²) in [5, 5.41) is 6.94. The van der Waals surface area contributed by atoms with Gasteiger partial charge in [0.05, 0.1) is 0 Å². The highest BCUT2D eigenvalue weighted by Gasteiger charge is 2.27. The zero-order valence-corrected chi connectivity index (χ0v) is 15.7. The molecule has 24 heavy (non-hydrogen) atoms. The maximum absolute atomic E-state index is 12.2. The lowest BCUT2D eigenvalue weighted by atomic mass is 9.98. The molecule has 0 aromatic heterocycles. The van der Waals surface area contributed by atoms with Crippen LogP contribution < -0.4 is 10.6 Å². The van der Waals surface area contributed by atoms with Gasteiger partial charge in [0.1, 0.15) is 5.60 Å². The molecule has 6 nitrogen and oxygen atoms in total. The van der Waals surface area contributed by atoms with Gasteiger partial charge in [0, 0.05) is 32.7 Å². The fraction of sp³-hybridized carbons (Fsp3) is 0.889. The lowest BCUT2D eigenvalue weighted by Crippen LogP contribution is -2.48. The Morgan fingerprint density at radius 1 is 1.21 bits per heavy atom. The number of likely N-dealkylation sites (tertiary alicyclic amines) is 1. The molecule has 1 unspecified atom stereocenters. The second-order valence-electron chi connectivity index (χ2n) is 8.01. The van der Waals surface area contributed by atoms with E-state index in [1.54, 1.807) is 0 Å². The highest BCUT2D eigenvalue weighted by Crippen LogP contribution is 2.19. The number of ether oxygens (including phenoxy) is 1. The molecule has 0 spiro atoms. The van der Waals surface area contributed by atoms with E-state index >= 15 is 0 Å². The number of guanidine groups is 1. The van der Waals surface area contributed by atoms with E-state index in [0.717, 1.165) is 38.4 Å². The molecule has 1 saturated carbocycles. The smallest absolute Gasteiger partial charge is 0.410 e. The van der Waals surface area contributed by atoms with E-state index in [2.05, 4.69) is 15.6 Å². The van der Waals surface area contributed by atoms with Crippen molar-refractivity contribution in [3.8, 4) is 0 Å². The number of hydrogen-bond donors (Lipinski definition) is 2. The van der Waals surface area contributed by atoms with Gasteiger partial charge < -0.3 is 20.3 Å². The molecule has 1 heterocycles. The van der Waals surface area contributed by atoms with Crippen LogP contribution in [0.4, 0.5) is 4.79 Å². The van der Waals surface area contributed by atoms with E-state index in [4.69, 9.17) is 4.74 Å². The van der Waals surface area contributed by atoms with E-state index in [1.807, 2.05) is 32.7 Å². The third kappa shape index (κ3) is 6.21. The maximum Gasteiger partial charge on any atom is 0.410 e. The van der Waals surface area contributed by atoms with E-state index in [1.165, 1.54) is 25.7 Å². The summed E-state index contributed by atoms with van der Waals surface area (Å²) >= 11 is 0. The summed E-state index contributed by atoms with van der Waals surface area (Å²) in [6.45, 7) is 8.11. The van der Waals surface area contributed by atoms with Gasteiger partial charge in [-0.3, -0.25) is 4.99 Å². The van der Waals surface area contributed by atoms with Crippen LogP contribution in [-0.2, 0) is 4.74 Å². The molecule has 0 aromatic rings. The summed E-state index contributed by atoms with van der Waals surface area (Å²) in [5.74, 6) is 1.32. The van der Waals surface area contributed by atoms with Crippen molar-refractivity contribution in [3.05, 3.63) is 0 Å². The summed E-state index contributed by atoms with van der Waals surface area (Å²) in [6.07, 6.45) is 7.05. The molecule has 1 amide bonds. The topological polar surface area (TPSA) is 66.0 Å². The van der Waals surface area contributed by atoms with Crippen molar-refractivity contribution in [2.45, 2.75) is 70.9 Å². The first-order valence-corrected chi connectivity index (χ1v) is 9.32. The summed E-state index contributed by atoms with van der Waals surface area (Å²) in [7, 11) is 1.82. The molecule has 2 aliphatic rings. The zero-order chi connectivity index (χ0) is 17.6. The predicted molar refractivity (Wildman–Crippen MR) is 97.3 cm³/mol. The number of hydrogen-bond acceptors (Lipinski definition) is 3. The Morgan fingerprint density at radius 2 is 1.92 bits per heavy atom. The molecule has 0 aromatic carbocycles. The number of aliphatic imine (C=N–C) groups is 1. The number of carbonyl (C=O) groups excluding carboxylic acids is 1. The number of amides is 1. The number of piperidine rings is 1. The van der Waals surface area contributed by atoms with Crippen LogP contribution in [-0.4, -0.2) is 55.3 Å². The Balaban J connectivity index is 1.76. The van der Waals surface area contributed by atoms with Crippen LogP contribution >= 0.6 is 0 Å². The fourth-order valence-electron chi connectivity index (χ4n) is 3.42. The number of carbonyl (C=O) groups is 1. The van der Waals surface area contributed by atoms with Gasteiger partial charge in [-0.1, -0.05) is 12.8 Å². The fourth-order valence-corrected chi connectivity index (χ4v) is 3.42. The molecule has 1 aliphatic heterocycles. The largest absolute Gasteiger partial charge is 0.444 e. The monoisotopic (exact) mass is 338 g/mol. The Hall–Kier alpha value is -1.46. The third-order valence-corrected chi connectivity index (χ3v) is 4.65. The summed E-state index contributed by atoms with van der Waals surface area (Å²) in [5.41, 5.74) is -0.435. The van der Waals surface area contributed by atoms with Crippen LogP contribution in [0.3, 0.4) is 0 Å². The standard InChI is InChI=1S/C18H34N4O2/c1-18(2,3)24-17(23)22-11-7-8-14(13-22)12-20-16(19-4)21-15-9-5-6-10-15/h14-15H,5-13H2,1-4H3,(H2,19,20,21). The highest BCUT2D eigenvalue weighted by molar-refractivity contribution is 5.80. The van der Waals surface area contributed by atoms with Gasteiger partial charge in [-0.15, -0.1) is 0 Å². The van der Waals surface area contributed by atoms with Gasteiger partial charge >= 0.3 is 6.09 Å². The van der Waals surface area contributed by atoms with Crippen molar-refractivity contribution in [1.82, 2.24) is 15.5 Å². The first kappa shape index (κ1) is 18.9. The van der Waals surface area contributed by atoms with Gasteiger partial charge in [0.2, 0.25) is 0 Å². The minimum Gasteiger partial charge on any atom is -0.444 e. The SMILES string of the molecule is CN=C(NCC1CCCN(C(=O)OC(C)(C)C)C1)NC1CCCC1. The first-order chi connectivity index (χ1) is 11.4. The van der Waals surface area contributed by atoms with Crippen LogP contribution in [0.1, 0.15) is 59.3 Å². The summed E-state index contributed by atoms with van der Waals surface area (Å²) < 4.78 is 5.49. The molecule has 6 heteroatoms. The van der Waals surface area contributed by atoms with E-state index in [9.17, 15) is 4.79 Å². The minimum atomic E-state index is -0.435. The second kappa shape index (κ2) is 8.58. The van der Waals surface area contributed by atoms with Crippen LogP contribution in [0.5, 0.6) is 0 Å². The molecular weight excluding hydrogens is 304 g/mol. The Labute approximate surface area is 146 Å². The van der Waals surface area contributed by atoms with E-state index < -0.39 is 5.60 Å². The van der Waals surface area contributed by atoms with Gasteiger partial charge in [0.15, 0.2) is 5.96 Å². The molecule has 2 rings (SSSR count). The molecule has 1 saturated heterocycles. The number of nitrogens with one attached hydrogen (secondary N) is 2. The second-order valence-corrected chi connectivity index (χ2v) is 8.01. The Morgan fingerprint density at radius 3 is 2.54 bits per heavy atom. The summed E-state index contributed by atoms with van der Waals surface area (Å²) in [6, 6.07) is 0.556. The minimum absolute atomic E-state index is 0.194. The number of nitrogens with zero attached hydrogens (tertiary/aromatic N) is 2. The Bertz CT molecular complexity index is 439. The van der Waals surface area contributed by atoms with Crippen LogP contribution in [0.25, 0.3) is 0 Å². The van der Waals surface area contributed by atoms with E-state index in [0.29, 0.717) is 12.0 Å². The molecule has 1 aliphatic carbocycles. The van der Waals surface area contributed by atoms with Crippen LogP contribution in [0, 0.1) is 5.92 Å². The molecule has 0 radical (unpaired) electrons. The average Bonchev–Trinajstić information content (AvgIpc) is 3.03. The van der Waals surface area contributed by atoms with E-state index in [-0.39, 0.29) is 6.09 Å². The quantitative estimate of drug-likeness (QED) is 0.613. The molecule has 0 bridgehead atoms. The van der Waals surface area contributed by atoms with Crippen molar-refractivity contribution < 1.29 is 9.53 Å². The van der Waals surface area contributed by atoms with Gasteiger partial charge in [0.25, 0.3) is 0 Å². The van der Waals surface area contributed by atoms with Crippen molar-refractivity contribution >= 4 is 12.1 Å². The normalized spacial score (nSPS) is 23.2. The van der Waals surface area contributed by atoms with Gasteiger partial charge in [-0.25, -0.2) is 4.79 Å². The molecule has 1 atom stereocenters. The lowest BCUT2D eigenvalue weighted by molar-refractivity contribution is 0.0168. The maximum atomic E-state index is 12.2. The number of rotatable bonds is 3. The predicted octanol–water partition coefficient (Wildman–Crippen LogP) is 2.74. The van der Waals surface area contributed by atoms with Crippen molar-refractivity contribution in [2.75, 3.05) is 26.7 Å².